The number of nitrogens with zero attached hydrogens (tertiary/aromatic N) is 1. The first-order valence-electron chi connectivity index (χ1n) is 9.67. The summed E-state index contributed by atoms with van der Waals surface area (Å²) in [4.78, 5) is 16.7. The van der Waals surface area contributed by atoms with Gasteiger partial charge in [0.25, 0.3) is 10.0 Å². The Hall–Kier alpha value is -1.93. The summed E-state index contributed by atoms with van der Waals surface area (Å²) in [7, 11) is -3.47. The molecule has 0 radical (unpaired) electrons. The van der Waals surface area contributed by atoms with Crippen molar-refractivity contribution >= 4 is 21.8 Å². The van der Waals surface area contributed by atoms with Crippen LogP contribution in [-0.4, -0.2) is 45.3 Å². The molecule has 2 unspecified atom stereocenters. The predicted octanol–water partition coefficient (Wildman–Crippen LogP) is 1.54. The van der Waals surface area contributed by atoms with Crippen LogP contribution in [0.15, 0.2) is 34.2 Å². The average molecular weight is 393 g/mol. The summed E-state index contributed by atoms with van der Waals surface area (Å²) in [5, 5.41) is 6.50. The Morgan fingerprint density at radius 2 is 2.07 bits per heavy atom. The van der Waals surface area contributed by atoms with Gasteiger partial charge in [0.1, 0.15) is 5.84 Å². The smallest absolute Gasteiger partial charge is 0.263 e. The molecule has 1 saturated heterocycles. The second kappa shape index (κ2) is 8.84. The normalized spacial score (nSPS) is 25.0. The van der Waals surface area contributed by atoms with Crippen LogP contribution in [0.4, 0.5) is 0 Å². The molecule has 1 aromatic rings. The van der Waals surface area contributed by atoms with Crippen molar-refractivity contribution in [3.8, 4) is 0 Å². The van der Waals surface area contributed by atoms with Crippen molar-refractivity contribution in [1.29, 1.82) is 0 Å². The Kier molecular flexibility index (Phi) is 6.49. The van der Waals surface area contributed by atoms with Crippen molar-refractivity contribution in [1.82, 2.24) is 15.4 Å². The number of hydrogen-bond acceptors (Lipinski definition) is 5. The molecule has 0 saturated carbocycles. The number of carbonyl (C=O) groups excluding carboxylic acids is 1. The van der Waals surface area contributed by atoms with Gasteiger partial charge >= 0.3 is 0 Å². The van der Waals surface area contributed by atoms with Crippen molar-refractivity contribution in [3.05, 3.63) is 29.8 Å². The fourth-order valence-electron chi connectivity index (χ4n) is 3.54. The van der Waals surface area contributed by atoms with Gasteiger partial charge in [0.2, 0.25) is 5.91 Å². The first-order valence-corrected chi connectivity index (χ1v) is 11.1. The Bertz CT molecular complexity index is 807. The highest BCUT2D eigenvalue weighted by Gasteiger charge is 2.29. The van der Waals surface area contributed by atoms with E-state index in [1.807, 2.05) is 0 Å². The van der Waals surface area contributed by atoms with Crippen LogP contribution in [0, 0.1) is 0 Å². The number of amidine groups is 1. The van der Waals surface area contributed by atoms with Crippen LogP contribution in [-0.2, 0) is 14.8 Å². The monoisotopic (exact) mass is 392 g/mol. The van der Waals surface area contributed by atoms with E-state index in [1.54, 1.807) is 24.3 Å². The number of fused-ring (bicyclic) bond motifs is 1. The quantitative estimate of drug-likeness (QED) is 0.613. The third-order valence-electron chi connectivity index (χ3n) is 5.10. The summed E-state index contributed by atoms with van der Waals surface area (Å²) in [6.07, 6.45) is 5.18. The number of unbranched alkanes of at least 4 members (excludes halogenated alkanes) is 2. The number of carbonyl (C=O) groups is 1. The third-order valence-corrected chi connectivity index (χ3v) is 6.50. The lowest BCUT2D eigenvalue weighted by molar-refractivity contribution is -0.122. The van der Waals surface area contributed by atoms with Crippen LogP contribution < -0.4 is 15.4 Å². The summed E-state index contributed by atoms with van der Waals surface area (Å²) < 4.78 is 26.5. The molecule has 2 aliphatic rings. The van der Waals surface area contributed by atoms with Gasteiger partial charge in [-0.3, -0.25) is 14.5 Å². The van der Waals surface area contributed by atoms with Crippen molar-refractivity contribution in [3.63, 3.8) is 0 Å². The maximum absolute atomic E-state index is 12.1. The summed E-state index contributed by atoms with van der Waals surface area (Å²) in [6.45, 7) is 3.67. The molecule has 2 heterocycles. The fourth-order valence-corrected chi connectivity index (χ4v) is 4.79. The lowest BCUT2D eigenvalue weighted by Gasteiger charge is -2.30. The second-order valence-electron chi connectivity index (χ2n) is 7.20. The number of piperidine rings is 1. The van der Waals surface area contributed by atoms with Gasteiger partial charge in [-0.1, -0.05) is 18.6 Å². The zero-order valence-electron chi connectivity index (χ0n) is 15.7. The molecule has 7 nitrogen and oxygen atoms in total. The van der Waals surface area contributed by atoms with E-state index in [4.69, 9.17) is 0 Å². The van der Waals surface area contributed by atoms with Crippen molar-refractivity contribution in [2.75, 3.05) is 13.1 Å². The van der Waals surface area contributed by atoms with Crippen LogP contribution in [0.1, 0.15) is 51.0 Å². The minimum Gasteiger partial charge on any atom is -0.352 e. The third kappa shape index (κ3) is 5.07. The lowest BCUT2D eigenvalue weighted by atomic mass is 9.99. The van der Waals surface area contributed by atoms with E-state index in [-0.39, 0.29) is 16.8 Å². The number of sulfonamides is 1. The molecule has 148 valence electrons. The van der Waals surface area contributed by atoms with E-state index >= 15 is 0 Å². The highest BCUT2D eigenvalue weighted by molar-refractivity contribution is 7.90. The van der Waals surface area contributed by atoms with Gasteiger partial charge in [-0.15, -0.1) is 0 Å². The summed E-state index contributed by atoms with van der Waals surface area (Å²) in [6, 6.07) is 7.41. The summed E-state index contributed by atoms with van der Waals surface area (Å²) in [5.41, 5.74) is 0.632. The van der Waals surface area contributed by atoms with E-state index in [1.165, 1.54) is 0 Å². The first kappa shape index (κ1) is 19.8. The van der Waals surface area contributed by atoms with Gasteiger partial charge in [0.15, 0.2) is 0 Å². The van der Waals surface area contributed by atoms with Gasteiger partial charge < -0.3 is 10.6 Å². The molecule has 8 heteroatoms. The number of aliphatic imine (C=N–C) groups is 1. The molecular weight excluding hydrogens is 364 g/mol. The van der Waals surface area contributed by atoms with Gasteiger partial charge in [0.05, 0.1) is 4.90 Å². The number of nitrogens with one attached hydrogen (secondary N) is 3. The van der Waals surface area contributed by atoms with Gasteiger partial charge in [-0.25, -0.2) is 8.42 Å². The fraction of sp³-hybridized carbons (Fsp3) is 0.579. The van der Waals surface area contributed by atoms with E-state index in [0.717, 1.165) is 38.6 Å². The van der Waals surface area contributed by atoms with Gasteiger partial charge in [-0.05, 0) is 51.3 Å². The summed E-state index contributed by atoms with van der Waals surface area (Å²) in [5.74, 6) is 0.529. The SMILES string of the molecule is CC1NCCCC1NC(=O)CCCCCN=C1NS(=O)(=O)c2ccccc21. The van der Waals surface area contributed by atoms with Crippen LogP contribution in [0.5, 0.6) is 0 Å². The summed E-state index contributed by atoms with van der Waals surface area (Å²) >= 11 is 0. The number of hydrogen-bond donors (Lipinski definition) is 3. The molecule has 27 heavy (non-hydrogen) atoms. The van der Waals surface area contributed by atoms with Gasteiger partial charge in [-0.2, -0.15) is 0 Å². The Morgan fingerprint density at radius 1 is 1.26 bits per heavy atom. The second-order valence-corrected chi connectivity index (χ2v) is 8.85. The zero-order chi connectivity index (χ0) is 19.3. The highest BCUT2D eigenvalue weighted by Crippen LogP contribution is 2.22. The number of amides is 1. The molecular formula is C19H28N4O3S. The standard InChI is InChI=1S/C19H28N4O3S/c1-14-16(9-7-13-20-14)22-18(24)11-3-2-6-12-21-19-15-8-4-5-10-17(15)27(25,26)23-19/h4-5,8,10,14,16,20H,2-3,6-7,9,11-13H2,1H3,(H,21,23)(H,22,24). The molecule has 0 aliphatic carbocycles. The topological polar surface area (TPSA) is 99.7 Å². The molecule has 2 atom stereocenters. The maximum Gasteiger partial charge on any atom is 0.263 e. The van der Waals surface area contributed by atoms with E-state index in [2.05, 4.69) is 27.3 Å². The minimum atomic E-state index is -3.47. The van der Waals surface area contributed by atoms with Crippen LogP contribution in [0.2, 0.25) is 0 Å². The maximum atomic E-state index is 12.1. The average Bonchev–Trinajstić information content (AvgIpc) is 2.91. The molecule has 3 rings (SSSR count). The molecule has 0 bridgehead atoms. The molecule has 3 N–H and O–H groups in total. The van der Waals surface area contributed by atoms with Crippen LogP contribution in [0.25, 0.3) is 0 Å². The van der Waals surface area contributed by atoms with Crippen molar-refractivity contribution in [2.45, 2.75) is 62.4 Å². The van der Waals surface area contributed by atoms with E-state index in [9.17, 15) is 13.2 Å². The van der Waals surface area contributed by atoms with Crippen LogP contribution >= 0.6 is 0 Å². The highest BCUT2D eigenvalue weighted by atomic mass is 32.2. The number of benzene rings is 1. The van der Waals surface area contributed by atoms with E-state index in [0.29, 0.717) is 30.4 Å². The molecule has 0 aromatic heterocycles. The minimum absolute atomic E-state index is 0.111. The Balaban J connectivity index is 1.37. The Labute approximate surface area is 161 Å². The van der Waals surface area contributed by atoms with Crippen LogP contribution in [0.3, 0.4) is 0 Å². The lowest BCUT2D eigenvalue weighted by Crippen LogP contribution is -2.51. The molecule has 1 amide bonds. The molecule has 2 aliphatic heterocycles. The molecule has 1 aromatic carbocycles. The predicted molar refractivity (Wildman–Crippen MR) is 105 cm³/mol. The zero-order valence-corrected chi connectivity index (χ0v) is 16.5. The molecule has 1 fully saturated rings. The Morgan fingerprint density at radius 3 is 2.89 bits per heavy atom. The van der Waals surface area contributed by atoms with Crippen molar-refractivity contribution in [2.24, 2.45) is 4.99 Å². The van der Waals surface area contributed by atoms with Crippen molar-refractivity contribution < 1.29 is 13.2 Å². The van der Waals surface area contributed by atoms with E-state index < -0.39 is 10.0 Å². The van der Waals surface area contributed by atoms with Gasteiger partial charge in [0, 0.05) is 30.6 Å². The number of rotatable bonds is 7. The largest absolute Gasteiger partial charge is 0.352 e. The molecule has 0 spiro atoms. The first-order chi connectivity index (χ1) is 13.0.